The van der Waals surface area contributed by atoms with E-state index in [1.807, 2.05) is 24.3 Å². The lowest BCUT2D eigenvalue weighted by molar-refractivity contribution is 0.173. The fourth-order valence-corrected chi connectivity index (χ4v) is 3.58. The summed E-state index contributed by atoms with van der Waals surface area (Å²) < 4.78 is 6.27. The molecule has 0 spiro atoms. The van der Waals surface area contributed by atoms with Crippen LogP contribution in [0.2, 0.25) is 0 Å². The van der Waals surface area contributed by atoms with Crippen molar-refractivity contribution in [3.05, 3.63) is 61.8 Å². The zero-order valence-electron chi connectivity index (χ0n) is 15.1. The van der Waals surface area contributed by atoms with Gasteiger partial charge in [-0.15, -0.1) is 11.3 Å². The fraction of sp³-hybridized carbons (Fsp3) is 0.250. The maximum Gasteiger partial charge on any atom is 0.418 e. The molecule has 2 aromatic heterocycles. The average molecular weight is 368 g/mol. The first kappa shape index (κ1) is 18.1. The molecule has 0 amide bonds. The van der Waals surface area contributed by atoms with Gasteiger partial charge in [0.15, 0.2) is 5.43 Å². The lowest BCUT2D eigenvalue weighted by Gasteiger charge is -2.12. The second kappa shape index (κ2) is 7.25. The quantitative estimate of drug-likeness (QED) is 0.674. The second-order valence-electron chi connectivity index (χ2n) is 6.33. The van der Waals surface area contributed by atoms with Crippen molar-refractivity contribution < 1.29 is 9.53 Å². The number of aromatic nitrogens is 2. The zero-order chi connectivity index (χ0) is 18.8. The van der Waals surface area contributed by atoms with Crippen LogP contribution in [0.4, 0.5) is 4.79 Å². The zero-order valence-corrected chi connectivity index (χ0v) is 16.0. The lowest BCUT2D eigenvalue weighted by atomic mass is 10.1. The van der Waals surface area contributed by atoms with Crippen LogP contribution in [0.3, 0.4) is 0 Å². The molecule has 3 aromatic rings. The van der Waals surface area contributed by atoms with Crippen LogP contribution >= 0.6 is 11.3 Å². The number of pyridine rings is 1. The standard InChI is InChI=1S/C20H20N2O3S/c1-12(2)16-11-26-19(21-16)8-6-14-5-7-15-17(10-14)22(20(24)25-4)13(3)9-18(15)23/h5-12H,1-4H3/b8-6+. The fourth-order valence-electron chi connectivity index (χ4n) is 2.71. The average Bonchev–Trinajstić information content (AvgIpc) is 3.08. The molecule has 0 saturated heterocycles. The molecule has 0 aliphatic heterocycles. The molecule has 2 heterocycles. The molecular formula is C20H20N2O3S. The summed E-state index contributed by atoms with van der Waals surface area (Å²) in [5.41, 5.74) is 2.91. The molecule has 0 aliphatic carbocycles. The van der Waals surface area contributed by atoms with Gasteiger partial charge in [0.25, 0.3) is 0 Å². The summed E-state index contributed by atoms with van der Waals surface area (Å²) in [6.45, 7) is 5.93. The van der Waals surface area contributed by atoms with E-state index < -0.39 is 6.09 Å². The molecule has 1 aromatic carbocycles. The lowest BCUT2D eigenvalue weighted by Crippen LogP contribution is -2.19. The van der Waals surface area contributed by atoms with Crippen molar-refractivity contribution in [1.29, 1.82) is 0 Å². The Kier molecular flexibility index (Phi) is 5.04. The highest BCUT2D eigenvalue weighted by Crippen LogP contribution is 2.21. The van der Waals surface area contributed by atoms with Crippen LogP contribution < -0.4 is 5.43 Å². The van der Waals surface area contributed by atoms with Gasteiger partial charge in [-0.05, 0) is 36.6 Å². The third-order valence-corrected chi connectivity index (χ3v) is 4.96. The molecule has 0 bridgehead atoms. The molecular weight excluding hydrogens is 348 g/mol. The van der Waals surface area contributed by atoms with Crippen LogP contribution in [0.1, 0.15) is 41.7 Å². The molecule has 26 heavy (non-hydrogen) atoms. The Morgan fingerprint density at radius 2 is 2.04 bits per heavy atom. The van der Waals surface area contributed by atoms with Crippen molar-refractivity contribution in [1.82, 2.24) is 9.55 Å². The van der Waals surface area contributed by atoms with Crippen LogP contribution in [0.25, 0.3) is 23.1 Å². The number of aryl methyl sites for hydroxylation is 1. The van der Waals surface area contributed by atoms with Crippen molar-refractivity contribution in [3.63, 3.8) is 0 Å². The van der Waals surface area contributed by atoms with E-state index in [4.69, 9.17) is 4.74 Å². The van der Waals surface area contributed by atoms with Gasteiger partial charge < -0.3 is 4.74 Å². The smallest absolute Gasteiger partial charge is 0.418 e. The molecule has 3 rings (SSSR count). The van der Waals surface area contributed by atoms with Crippen LogP contribution in [0.5, 0.6) is 0 Å². The van der Waals surface area contributed by atoms with Gasteiger partial charge in [0.2, 0.25) is 0 Å². The summed E-state index contributed by atoms with van der Waals surface area (Å²) in [7, 11) is 1.32. The first-order valence-corrected chi connectivity index (χ1v) is 9.17. The molecule has 0 fully saturated rings. The molecule has 5 nitrogen and oxygen atoms in total. The number of benzene rings is 1. The van der Waals surface area contributed by atoms with Crippen LogP contribution in [-0.4, -0.2) is 22.8 Å². The SMILES string of the molecule is COC(=O)n1c(C)cc(=O)c2ccc(/C=C/c3nc(C(C)C)cs3)cc21. The van der Waals surface area contributed by atoms with Crippen molar-refractivity contribution in [2.24, 2.45) is 0 Å². The van der Waals surface area contributed by atoms with Gasteiger partial charge in [-0.1, -0.05) is 26.0 Å². The van der Waals surface area contributed by atoms with Gasteiger partial charge in [-0.2, -0.15) is 0 Å². The molecule has 0 aliphatic rings. The van der Waals surface area contributed by atoms with E-state index >= 15 is 0 Å². The predicted molar refractivity (Wildman–Crippen MR) is 106 cm³/mol. The molecule has 134 valence electrons. The molecule has 0 saturated carbocycles. The minimum Gasteiger partial charge on any atom is -0.452 e. The van der Waals surface area contributed by atoms with Gasteiger partial charge in [0.05, 0.1) is 18.3 Å². The number of fused-ring (bicyclic) bond motifs is 1. The largest absolute Gasteiger partial charge is 0.452 e. The van der Waals surface area contributed by atoms with Gasteiger partial charge in [0.1, 0.15) is 5.01 Å². The van der Waals surface area contributed by atoms with E-state index in [9.17, 15) is 9.59 Å². The number of methoxy groups -OCH3 is 1. The topological polar surface area (TPSA) is 61.2 Å². The molecule has 6 heteroatoms. The number of carbonyl (C=O) groups excluding carboxylic acids is 1. The van der Waals surface area contributed by atoms with E-state index in [2.05, 4.69) is 24.2 Å². The summed E-state index contributed by atoms with van der Waals surface area (Å²) in [4.78, 5) is 28.9. The highest BCUT2D eigenvalue weighted by Gasteiger charge is 2.13. The van der Waals surface area contributed by atoms with Gasteiger partial charge in [0, 0.05) is 22.5 Å². The Bertz CT molecular complexity index is 1060. The van der Waals surface area contributed by atoms with Crippen LogP contribution in [0.15, 0.2) is 34.4 Å². The van der Waals surface area contributed by atoms with E-state index in [0.717, 1.165) is 16.3 Å². The maximum atomic E-state index is 12.2. The number of hydrogen-bond donors (Lipinski definition) is 0. The van der Waals surface area contributed by atoms with Crippen molar-refractivity contribution in [2.75, 3.05) is 7.11 Å². The summed E-state index contributed by atoms with van der Waals surface area (Å²) in [6.07, 6.45) is 3.35. The third kappa shape index (κ3) is 3.46. The Labute approximate surface area is 155 Å². The summed E-state index contributed by atoms with van der Waals surface area (Å²) >= 11 is 1.59. The van der Waals surface area contributed by atoms with Gasteiger partial charge in [-0.3, -0.25) is 4.79 Å². The van der Waals surface area contributed by atoms with Crippen molar-refractivity contribution >= 4 is 40.5 Å². The minimum atomic E-state index is -0.518. The minimum absolute atomic E-state index is 0.116. The van der Waals surface area contributed by atoms with Crippen LogP contribution in [0, 0.1) is 6.92 Å². The van der Waals surface area contributed by atoms with Crippen molar-refractivity contribution in [3.8, 4) is 0 Å². The molecule has 0 atom stereocenters. The Hall–Kier alpha value is -2.73. The first-order valence-electron chi connectivity index (χ1n) is 8.29. The molecule has 0 N–H and O–H groups in total. The Morgan fingerprint density at radius 1 is 1.27 bits per heavy atom. The van der Waals surface area contributed by atoms with Gasteiger partial charge in [-0.25, -0.2) is 14.3 Å². The second-order valence-corrected chi connectivity index (χ2v) is 7.22. The summed E-state index contributed by atoms with van der Waals surface area (Å²) in [5, 5.41) is 3.46. The number of hydrogen-bond acceptors (Lipinski definition) is 5. The molecule has 0 radical (unpaired) electrons. The first-order chi connectivity index (χ1) is 12.4. The van der Waals surface area contributed by atoms with Gasteiger partial charge >= 0.3 is 6.09 Å². The monoisotopic (exact) mass is 368 g/mol. The normalized spacial score (nSPS) is 11.6. The third-order valence-electron chi connectivity index (χ3n) is 4.13. The molecule has 0 unspecified atom stereocenters. The predicted octanol–water partition coefficient (Wildman–Crippen LogP) is 4.67. The number of ether oxygens (including phenoxy) is 1. The Morgan fingerprint density at radius 3 is 2.69 bits per heavy atom. The number of thiazole rings is 1. The number of carbonyl (C=O) groups is 1. The highest BCUT2D eigenvalue weighted by atomic mass is 32.1. The van der Waals surface area contributed by atoms with E-state index in [1.165, 1.54) is 17.7 Å². The Balaban J connectivity index is 2.06. The number of rotatable bonds is 3. The summed E-state index contributed by atoms with van der Waals surface area (Å²) in [6, 6.07) is 6.84. The summed E-state index contributed by atoms with van der Waals surface area (Å²) in [5.74, 6) is 0.395. The highest BCUT2D eigenvalue weighted by molar-refractivity contribution is 7.10. The number of nitrogens with zero attached hydrogens (tertiary/aromatic N) is 2. The van der Waals surface area contributed by atoms with Crippen LogP contribution in [-0.2, 0) is 4.74 Å². The van der Waals surface area contributed by atoms with E-state index in [0.29, 0.717) is 22.5 Å². The van der Waals surface area contributed by atoms with E-state index in [-0.39, 0.29) is 5.43 Å². The van der Waals surface area contributed by atoms with Crippen molar-refractivity contribution in [2.45, 2.75) is 26.7 Å². The van der Waals surface area contributed by atoms with E-state index in [1.54, 1.807) is 24.3 Å². The maximum absolute atomic E-state index is 12.2.